The molecule has 0 saturated carbocycles. The molecule has 1 unspecified atom stereocenters. The van der Waals surface area contributed by atoms with Gasteiger partial charge in [0.05, 0.1) is 21.3 Å². The summed E-state index contributed by atoms with van der Waals surface area (Å²) in [6.07, 6.45) is 3.77. The molecule has 0 radical (unpaired) electrons. The van der Waals surface area contributed by atoms with E-state index in [1.165, 1.54) is 7.11 Å². The fourth-order valence-corrected chi connectivity index (χ4v) is 4.41. The number of hydrogen-bond donors (Lipinski definition) is 2. The lowest BCUT2D eigenvalue weighted by atomic mass is 10.0. The van der Waals surface area contributed by atoms with Crippen LogP contribution in [0.5, 0.6) is 23.0 Å². The van der Waals surface area contributed by atoms with Crippen LogP contribution in [-0.2, 0) is 0 Å². The Morgan fingerprint density at radius 2 is 1.82 bits per heavy atom. The van der Waals surface area contributed by atoms with Crippen LogP contribution in [0.3, 0.4) is 0 Å². The Kier molecular flexibility index (Phi) is 7.51. The highest BCUT2D eigenvalue weighted by molar-refractivity contribution is 6.06. The zero-order valence-electron chi connectivity index (χ0n) is 21.8. The molecule has 1 atom stereocenters. The van der Waals surface area contributed by atoms with Crippen molar-refractivity contribution in [1.82, 2.24) is 5.32 Å². The number of methoxy groups -OCH3 is 3. The molecule has 200 valence electrons. The molecule has 0 bridgehead atoms. The molecule has 1 amide bonds. The third-order valence-electron chi connectivity index (χ3n) is 6.35. The largest absolute Gasteiger partial charge is 0.497 e. The lowest BCUT2D eigenvalue weighted by molar-refractivity contribution is 0.102. The van der Waals surface area contributed by atoms with E-state index in [-0.39, 0.29) is 17.4 Å². The molecule has 0 aliphatic carbocycles. The maximum absolute atomic E-state index is 13.2. The maximum atomic E-state index is 13.2. The van der Waals surface area contributed by atoms with Crippen LogP contribution >= 0.6 is 0 Å². The molecule has 1 aromatic heterocycles. The summed E-state index contributed by atoms with van der Waals surface area (Å²) in [5.41, 5.74) is 1.37. The number of ether oxygens (including phenoxy) is 4. The van der Waals surface area contributed by atoms with Crippen LogP contribution in [0, 0.1) is 0 Å². The van der Waals surface area contributed by atoms with Crippen LogP contribution in [0.2, 0.25) is 0 Å². The lowest BCUT2D eigenvalue weighted by Crippen LogP contribution is -2.33. The third kappa shape index (κ3) is 5.44. The first-order valence-corrected chi connectivity index (χ1v) is 12.3. The molecule has 4 aromatic rings. The molecular weight excluding hydrogens is 500 g/mol. The minimum absolute atomic E-state index is 0.00128. The highest BCUT2D eigenvalue weighted by Gasteiger charge is 2.20. The van der Waals surface area contributed by atoms with E-state index in [4.69, 9.17) is 23.4 Å². The minimum Gasteiger partial charge on any atom is -0.497 e. The van der Waals surface area contributed by atoms with Crippen molar-refractivity contribution in [2.24, 2.45) is 0 Å². The van der Waals surface area contributed by atoms with Crippen molar-refractivity contribution in [3.8, 4) is 34.1 Å². The third-order valence-corrected chi connectivity index (χ3v) is 6.35. The Balaban J connectivity index is 1.44. The summed E-state index contributed by atoms with van der Waals surface area (Å²) < 4.78 is 28.0. The van der Waals surface area contributed by atoms with Gasteiger partial charge in [0.2, 0.25) is 5.75 Å². The van der Waals surface area contributed by atoms with E-state index in [0.717, 1.165) is 12.1 Å². The average molecular weight is 529 g/mol. The number of hydrogen-bond acceptors (Lipinski definition) is 8. The molecule has 1 aliphatic rings. The summed E-state index contributed by atoms with van der Waals surface area (Å²) in [6, 6.07) is 17.5. The van der Waals surface area contributed by atoms with E-state index >= 15 is 0 Å². The Labute approximate surface area is 224 Å². The molecule has 0 saturated heterocycles. The number of rotatable bonds is 8. The zero-order valence-corrected chi connectivity index (χ0v) is 21.8. The van der Waals surface area contributed by atoms with Crippen LogP contribution in [0.4, 0.5) is 5.69 Å². The zero-order chi connectivity index (χ0) is 27.4. The quantitative estimate of drug-likeness (QED) is 0.252. The molecule has 2 heterocycles. The monoisotopic (exact) mass is 528 g/mol. The van der Waals surface area contributed by atoms with Gasteiger partial charge in [0.15, 0.2) is 11.3 Å². The van der Waals surface area contributed by atoms with Crippen molar-refractivity contribution in [2.45, 2.75) is 6.10 Å². The van der Waals surface area contributed by atoms with E-state index in [9.17, 15) is 9.59 Å². The van der Waals surface area contributed by atoms with E-state index in [1.54, 1.807) is 50.6 Å². The van der Waals surface area contributed by atoms with Crippen molar-refractivity contribution in [2.75, 3.05) is 39.7 Å². The number of nitrogens with one attached hydrogen (secondary N) is 2. The summed E-state index contributed by atoms with van der Waals surface area (Å²) >= 11 is 0. The number of anilines is 1. The summed E-state index contributed by atoms with van der Waals surface area (Å²) in [7, 11) is 4.63. The van der Waals surface area contributed by atoms with Gasteiger partial charge in [-0.05, 0) is 60.2 Å². The van der Waals surface area contributed by atoms with Crippen molar-refractivity contribution in [3.05, 3.63) is 88.8 Å². The normalized spacial score (nSPS) is 14.6. The van der Waals surface area contributed by atoms with Gasteiger partial charge in [0.25, 0.3) is 5.91 Å². The maximum Gasteiger partial charge on any atom is 0.360 e. The number of benzene rings is 3. The number of amides is 1. The molecule has 2 N–H and O–H groups in total. The van der Waals surface area contributed by atoms with Gasteiger partial charge in [-0.15, -0.1) is 0 Å². The Bertz CT molecular complexity index is 1610. The van der Waals surface area contributed by atoms with Gasteiger partial charge in [-0.25, -0.2) is 4.79 Å². The second-order valence-electron chi connectivity index (χ2n) is 8.81. The molecule has 9 heteroatoms. The SMILES string of the molecule is COc1cccc(-c2cc(C(=O)Nc3cc4ccc(OC5C=CCNC5)c(OC)c4oc3=O)ccc2OC)c1. The van der Waals surface area contributed by atoms with Crippen LogP contribution < -0.4 is 35.2 Å². The van der Waals surface area contributed by atoms with Gasteiger partial charge in [-0.1, -0.05) is 18.2 Å². The second kappa shape index (κ2) is 11.3. The standard InChI is InChI=1S/C30H28N2O7/c1-35-21-7-4-6-18(14-21)23-15-20(10-11-25(23)36-2)29(33)32-24-16-19-9-12-26(38-22-8-5-13-31-17-22)28(37-3)27(19)39-30(24)34/h4-12,14-16,22,31H,13,17H2,1-3H3,(H,32,33). The van der Waals surface area contributed by atoms with Gasteiger partial charge in [-0.2, -0.15) is 0 Å². The summed E-state index contributed by atoms with van der Waals surface area (Å²) in [4.78, 5) is 26.1. The molecule has 0 fully saturated rings. The summed E-state index contributed by atoms with van der Waals surface area (Å²) in [5, 5.41) is 6.47. The van der Waals surface area contributed by atoms with Crippen LogP contribution in [0.25, 0.3) is 22.1 Å². The van der Waals surface area contributed by atoms with Crippen LogP contribution in [0.1, 0.15) is 10.4 Å². The van der Waals surface area contributed by atoms with Gasteiger partial charge in [0.1, 0.15) is 23.3 Å². The Hall–Kier alpha value is -4.76. The smallest absolute Gasteiger partial charge is 0.360 e. The van der Waals surface area contributed by atoms with Gasteiger partial charge >= 0.3 is 5.63 Å². The predicted molar refractivity (Wildman–Crippen MR) is 148 cm³/mol. The highest BCUT2D eigenvalue weighted by atomic mass is 16.5. The highest BCUT2D eigenvalue weighted by Crippen LogP contribution is 2.37. The molecule has 39 heavy (non-hydrogen) atoms. The summed E-state index contributed by atoms with van der Waals surface area (Å²) in [6.45, 7) is 1.44. The molecule has 9 nitrogen and oxygen atoms in total. The molecule has 0 spiro atoms. The van der Waals surface area contributed by atoms with Crippen molar-refractivity contribution >= 4 is 22.6 Å². The first kappa shape index (κ1) is 25.9. The van der Waals surface area contributed by atoms with Gasteiger partial charge in [0, 0.05) is 29.6 Å². The Morgan fingerprint density at radius 1 is 0.974 bits per heavy atom. The summed E-state index contributed by atoms with van der Waals surface area (Å²) in [5.74, 6) is 1.55. The first-order valence-electron chi connectivity index (χ1n) is 12.3. The minimum atomic E-state index is -0.716. The van der Waals surface area contributed by atoms with E-state index < -0.39 is 11.5 Å². The predicted octanol–water partition coefficient (Wildman–Crippen LogP) is 4.64. The van der Waals surface area contributed by atoms with Crippen LogP contribution in [0.15, 0.2) is 82.0 Å². The van der Waals surface area contributed by atoms with E-state index in [2.05, 4.69) is 10.6 Å². The second-order valence-corrected chi connectivity index (χ2v) is 8.81. The number of fused-ring (bicyclic) bond motifs is 1. The van der Waals surface area contributed by atoms with Crippen molar-refractivity contribution in [1.29, 1.82) is 0 Å². The fourth-order valence-electron chi connectivity index (χ4n) is 4.41. The molecule has 5 rings (SSSR count). The molecule has 3 aromatic carbocycles. The number of carbonyl (C=O) groups excluding carboxylic acids is 1. The first-order chi connectivity index (χ1) is 19.0. The van der Waals surface area contributed by atoms with Crippen molar-refractivity contribution in [3.63, 3.8) is 0 Å². The topological polar surface area (TPSA) is 108 Å². The van der Waals surface area contributed by atoms with E-state index in [0.29, 0.717) is 46.1 Å². The molecule has 1 aliphatic heterocycles. The van der Waals surface area contributed by atoms with Gasteiger partial charge < -0.3 is 34.0 Å². The lowest BCUT2D eigenvalue weighted by Gasteiger charge is -2.21. The van der Waals surface area contributed by atoms with Crippen molar-refractivity contribution < 1.29 is 28.2 Å². The van der Waals surface area contributed by atoms with Crippen LogP contribution in [-0.4, -0.2) is 46.4 Å². The molecular formula is C30H28N2O7. The number of carbonyl (C=O) groups is 1. The van der Waals surface area contributed by atoms with Gasteiger partial charge in [-0.3, -0.25) is 4.79 Å². The Morgan fingerprint density at radius 3 is 2.56 bits per heavy atom. The van der Waals surface area contributed by atoms with E-state index in [1.807, 2.05) is 36.4 Å². The fraction of sp³-hybridized carbons (Fsp3) is 0.200. The average Bonchev–Trinajstić information content (AvgIpc) is 2.97.